The molecule has 0 atom stereocenters. The lowest BCUT2D eigenvalue weighted by atomic mass is 9.78. The lowest BCUT2D eigenvalue weighted by molar-refractivity contribution is -0.121. The van der Waals surface area contributed by atoms with E-state index in [0.29, 0.717) is 0 Å². The summed E-state index contributed by atoms with van der Waals surface area (Å²) < 4.78 is 0. The number of anilines is 1. The third kappa shape index (κ3) is 2.90. The number of amides is 1. The van der Waals surface area contributed by atoms with Gasteiger partial charge in [0.1, 0.15) is 0 Å². The fourth-order valence-electron chi connectivity index (χ4n) is 3.82. The Kier molecular flexibility index (Phi) is 4.51. The van der Waals surface area contributed by atoms with Crippen molar-refractivity contribution in [2.24, 2.45) is 0 Å². The van der Waals surface area contributed by atoms with Gasteiger partial charge in [0, 0.05) is 5.69 Å². The van der Waals surface area contributed by atoms with Gasteiger partial charge in [0.15, 0.2) is 0 Å². The van der Waals surface area contributed by atoms with Crippen LogP contribution in [-0.2, 0) is 16.6 Å². The second kappa shape index (κ2) is 6.57. The molecule has 0 radical (unpaired) electrons. The first kappa shape index (κ1) is 15.8. The highest BCUT2D eigenvalue weighted by Crippen LogP contribution is 2.42. The van der Waals surface area contributed by atoms with Crippen molar-refractivity contribution in [3.63, 3.8) is 0 Å². The zero-order valence-electron chi connectivity index (χ0n) is 14.1. The van der Waals surface area contributed by atoms with Gasteiger partial charge in [-0.15, -0.1) is 0 Å². The van der Waals surface area contributed by atoms with Gasteiger partial charge in [-0.1, -0.05) is 68.3 Å². The highest BCUT2D eigenvalue weighted by molar-refractivity contribution is 6.00. The molecular formula is C21H25NO. The number of aryl methyl sites for hydroxylation is 2. The first-order valence-corrected chi connectivity index (χ1v) is 8.63. The monoisotopic (exact) mass is 307 g/mol. The van der Waals surface area contributed by atoms with Crippen LogP contribution in [0.5, 0.6) is 0 Å². The summed E-state index contributed by atoms with van der Waals surface area (Å²) in [4.78, 5) is 13.2. The molecule has 2 heteroatoms. The van der Waals surface area contributed by atoms with E-state index in [4.69, 9.17) is 0 Å². The molecule has 0 heterocycles. The minimum Gasteiger partial charge on any atom is -0.325 e. The molecule has 1 saturated carbocycles. The number of carbonyl (C=O) groups excluding carboxylic acids is 1. The molecular weight excluding hydrogens is 282 g/mol. The molecule has 2 nitrogen and oxygen atoms in total. The van der Waals surface area contributed by atoms with Crippen LogP contribution in [0.25, 0.3) is 0 Å². The molecule has 23 heavy (non-hydrogen) atoms. The Bertz CT molecular complexity index is 684. The first-order chi connectivity index (χ1) is 11.2. The maximum absolute atomic E-state index is 13.2. The van der Waals surface area contributed by atoms with Gasteiger partial charge in [-0.25, -0.2) is 0 Å². The third-order valence-electron chi connectivity index (χ3n) is 5.20. The Balaban J connectivity index is 1.95. The summed E-state index contributed by atoms with van der Waals surface area (Å²) in [7, 11) is 0. The molecule has 120 valence electrons. The Hall–Kier alpha value is -2.09. The number of hydrogen-bond acceptors (Lipinski definition) is 1. The molecule has 2 aromatic rings. The van der Waals surface area contributed by atoms with E-state index in [2.05, 4.69) is 49.5 Å². The normalized spacial score (nSPS) is 16.3. The maximum atomic E-state index is 13.2. The number of para-hydroxylation sites is 1. The van der Waals surface area contributed by atoms with Crippen LogP contribution in [0, 0.1) is 6.92 Å². The van der Waals surface area contributed by atoms with E-state index in [0.717, 1.165) is 48.9 Å². The SMILES string of the molecule is CCc1cccc(C)c1NC(=O)C1(c2ccccc2)CCCC1. The highest BCUT2D eigenvalue weighted by Gasteiger charge is 2.42. The molecule has 3 rings (SSSR count). The van der Waals surface area contributed by atoms with Crippen molar-refractivity contribution in [2.75, 3.05) is 5.32 Å². The maximum Gasteiger partial charge on any atom is 0.235 e. The topological polar surface area (TPSA) is 29.1 Å². The lowest BCUT2D eigenvalue weighted by Crippen LogP contribution is -2.38. The Morgan fingerprint density at radius 1 is 1.04 bits per heavy atom. The van der Waals surface area contributed by atoms with Crippen LogP contribution in [0.2, 0.25) is 0 Å². The van der Waals surface area contributed by atoms with E-state index < -0.39 is 0 Å². The minimum atomic E-state index is -0.367. The summed E-state index contributed by atoms with van der Waals surface area (Å²) >= 11 is 0. The second-order valence-electron chi connectivity index (χ2n) is 6.57. The number of hydrogen-bond donors (Lipinski definition) is 1. The standard InChI is InChI=1S/C21H25NO/c1-3-17-11-9-10-16(2)19(17)22-20(23)21(14-7-8-15-21)18-12-5-4-6-13-18/h4-6,9-13H,3,7-8,14-15H2,1-2H3,(H,22,23). The van der Waals surface area contributed by atoms with Crippen LogP contribution in [0.15, 0.2) is 48.5 Å². The molecule has 1 aliphatic carbocycles. The van der Waals surface area contributed by atoms with Crippen LogP contribution in [0.4, 0.5) is 5.69 Å². The van der Waals surface area contributed by atoms with Crippen LogP contribution in [0.3, 0.4) is 0 Å². The van der Waals surface area contributed by atoms with Crippen molar-refractivity contribution in [1.29, 1.82) is 0 Å². The zero-order valence-corrected chi connectivity index (χ0v) is 14.1. The van der Waals surface area contributed by atoms with Gasteiger partial charge in [-0.2, -0.15) is 0 Å². The van der Waals surface area contributed by atoms with Crippen LogP contribution >= 0.6 is 0 Å². The fraction of sp³-hybridized carbons (Fsp3) is 0.381. The van der Waals surface area contributed by atoms with Gasteiger partial charge in [0.25, 0.3) is 0 Å². The average Bonchev–Trinajstić information content (AvgIpc) is 3.08. The van der Waals surface area contributed by atoms with Gasteiger partial charge in [0.05, 0.1) is 5.41 Å². The molecule has 2 aromatic carbocycles. The number of carbonyl (C=O) groups is 1. The van der Waals surface area contributed by atoms with Crippen molar-refractivity contribution in [2.45, 2.75) is 51.4 Å². The van der Waals surface area contributed by atoms with Crippen molar-refractivity contribution >= 4 is 11.6 Å². The zero-order chi connectivity index (χ0) is 16.3. The van der Waals surface area contributed by atoms with Crippen LogP contribution in [0.1, 0.15) is 49.3 Å². The molecule has 0 spiro atoms. The molecule has 0 saturated heterocycles. The molecule has 0 aliphatic heterocycles. The largest absolute Gasteiger partial charge is 0.325 e. The predicted octanol–water partition coefficient (Wildman–Crippen LogP) is 5.01. The molecule has 0 bridgehead atoms. The van der Waals surface area contributed by atoms with Gasteiger partial charge < -0.3 is 5.32 Å². The van der Waals surface area contributed by atoms with Crippen LogP contribution in [-0.4, -0.2) is 5.91 Å². The van der Waals surface area contributed by atoms with E-state index >= 15 is 0 Å². The van der Waals surface area contributed by atoms with E-state index in [9.17, 15) is 4.79 Å². The first-order valence-electron chi connectivity index (χ1n) is 8.63. The highest BCUT2D eigenvalue weighted by atomic mass is 16.2. The van der Waals surface area contributed by atoms with Crippen LogP contribution < -0.4 is 5.32 Å². The lowest BCUT2D eigenvalue weighted by Gasteiger charge is -2.29. The van der Waals surface area contributed by atoms with E-state index in [1.54, 1.807) is 0 Å². The van der Waals surface area contributed by atoms with E-state index in [1.165, 1.54) is 5.56 Å². The van der Waals surface area contributed by atoms with Crippen molar-refractivity contribution < 1.29 is 4.79 Å². The Morgan fingerprint density at radius 2 is 1.74 bits per heavy atom. The quantitative estimate of drug-likeness (QED) is 0.845. The summed E-state index contributed by atoms with van der Waals surface area (Å²) in [5.74, 6) is 0.158. The number of nitrogens with one attached hydrogen (secondary N) is 1. The van der Waals surface area contributed by atoms with Crippen molar-refractivity contribution in [3.05, 3.63) is 65.2 Å². The third-order valence-corrected chi connectivity index (χ3v) is 5.20. The van der Waals surface area contributed by atoms with Gasteiger partial charge in [-0.3, -0.25) is 4.79 Å². The summed E-state index contributed by atoms with van der Waals surface area (Å²) in [5, 5.41) is 3.27. The van der Waals surface area contributed by atoms with Crippen molar-refractivity contribution in [1.82, 2.24) is 0 Å². The predicted molar refractivity (Wildman–Crippen MR) is 95.8 cm³/mol. The van der Waals surface area contributed by atoms with E-state index in [-0.39, 0.29) is 11.3 Å². The molecule has 0 aromatic heterocycles. The number of rotatable bonds is 4. The summed E-state index contributed by atoms with van der Waals surface area (Å²) in [5.41, 5.74) is 4.14. The molecule has 1 amide bonds. The molecule has 1 aliphatic rings. The van der Waals surface area contributed by atoms with Crippen molar-refractivity contribution in [3.8, 4) is 0 Å². The molecule has 1 fully saturated rings. The summed E-state index contributed by atoms with van der Waals surface area (Å²) in [6.07, 6.45) is 5.05. The molecule has 0 unspecified atom stereocenters. The average molecular weight is 307 g/mol. The Morgan fingerprint density at radius 3 is 2.39 bits per heavy atom. The summed E-state index contributed by atoms with van der Waals surface area (Å²) in [6.45, 7) is 4.20. The minimum absolute atomic E-state index is 0.158. The Labute approximate surface area is 138 Å². The fourth-order valence-corrected chi connectivity index (χ4v) is 3.82. The smallest absolute Gasteiger partial charge is 0.235 e. The van der Waals surface area contributed by atoms with E-state index in [1.807, 2.05) is 18.2 Å². The molecule has 1 N–H and O–H groups in total. The summed E-state index contributed by atoms with van der Waals surface area (Å²) in [6, 6.07) is 16.5. The van der Waals surface area contributed by atoms with Gasteiger partial charge in [0.2, 0.25) is 5.91 Å². The number of benzene rings is 2. The van der Waals surface area contributed by atoms with Gasteiger partial charge in [-0.05, 0) is 42.9 Å². The second-order valence-corrected chi connectivity index (χ2v) is 6.57. The van der Waals surface area contributed by atoms with Gasteiger partial charge >= 0.3 is 0 Å².